The second-order valence-corrected chi connectivity index (χ2v) is 4.58. The molecule has 4 nitrogen and oxygen atoms in total. The molecule has 0 saturated carbocycles. The van der Waals surface area contributed by atoms with Gasteiger partial charge in [0.2, 0.25) is 0 Å². The molecule has 0 heterocycles. The number of rotatable bonds is 3. The average Bonchev–Trinajstić information content (AvgIpc) is 2.43. The van der Waals surface area contributed by atoms with Crippen molar-refractivity contribution in [3.05, 3.63) is 47.8 Å². The Hall–Kier alpha value is -2.21. The highest BCUT2D eigenvalue weighted by atomic mass is 32.1. The molecule has 2 aromatic rings. The predicted octanol–water partition coefficient (Wildman–Crippen LogP) is 3.11. The summed E-state index contributed by atoms with van der Waals surface area (Å²) in [5.74, 6) is -0.852. The van der Waals surface area contributed by atoms with E-state index in [-0.39, 0.29) is 10.6 Å². The zero-order valence-corrected chi connectivity index (χ0v) is 11.5. The third-order valence-corrected chi connectivity index (χ3v) is 3.10. The topological polar surface area (TPSA) is 61.4 Å². The van der Waals surface area contributed by atoms with Crippen LogP contribution in [0.4, 0.5) is 15.8 Å². The largest absolute Gasteiger partial charge is 0.506 e. The van der Waals surface area contributed by atoms with Crippen molar-refractivity contribution in [1.29, 1.82) is 0 Å². The van der Waals surface area contributed by atoms with Crippen molar-refractivity contribution in [2.75, 3.05) is 17.7 Å². The van der Waals surface area contributed by atoms with Crippen molar-refractivity contribution in [3.8, 4) is 5.75 Å². The zero-order valence-electron chi connectivity index (χ0n) is 10.6. The molecule has 0 bridgehead atoms. The number of hydrogen-bond donors (Lipinski definition) is 4. The Bertz CT molecular complexity index is 662. The third kappa shape index (κ3) is 3.03. The molecule has 20 heavy (non-hydrogen) atoms. The minimum absolute atomic E-state index is 0.0505. The third-order valence-electron chi connectivity index (χ3n) is 2.73. The Balaban J connectivity index is 2.21. The van der Waals surface area contributed by atoms with Gasteiger partial charge in [0.25, 0.3) is 5.91 Å². The molecule has 0 saturated heterocycles. The van der Waals surface area contributed by atoms with E-state index in [4.69, 9.17) is 0 Å². The second kappa shape index (κ2) is 5.83. The van der Waals surface area contributed by atoms with Crippen LogP contribution >= 0.6 is 12.6 Å². The molecule has 2 rings (SSSR count). The molecule has 0 aliphatic carbocycles. The summed E-state index contributed by atoms with van der Waals surface area (Å²) in [6.45, 7) is 0. The van der Waals surface area contributed by atoms with E-state index in [1.807, 2.05) is 0 Å². The standard InChI is InChI=1S/C14H13FN2O2S/c1-16-11-6-8(2-4-12(11)18)14(19)17-9-3-5-13(20)10(15)7-9/h2-7,16,18,20H,1H3,(H,17,19). The predicted molar refractivity (Wildman–Crippen MR) is 79.3 cm³/mol. The highest BCUT2D eigenvalue weighted by Crippen LogP contribution is 2.24. The zero-order chi connectivity index (χ0) is 14.7. The summed E-state index contributed by atoms with van der Waals surface area (Å²) in [5.41, 5.74) is 1.13. The minimum atomic E-state index is -0.507. The number of carbonyl (C=O) groups is 1. The Morgan fingerprint density at radius 3 is 2.65 bits per heavy atom. The molecule has 0 aromatic heterocycles. The quantitative estimate of drug-likeness (QED) is 0.519. The molecular weight excluding hydrogens is 279 g/mol. The van der Waals surface area contributed by atoms with E-state index in [0.717, 1.165) is 0 Å². The lowest BCUT2D eigenvalue weighted by Crippen LogP contribution is -2.12. The molecule has 6 heteroatoms. The van der Waals surface area contributed by atoms with Gasteiger partial charge in [-0.25, -0.2) is 4.39 Å². The van der Waals surface area contributed by atoms with E-state index in [1.165, 1.54) is 30.3 Å². The van der Waals surface area contributed by atoms with Gasteiger partial charge < -0.3 is 15.7 Å². The van der Waals surface area contributed by atoms with Crippen LogP contribution in [0, 0.1) is 5.82 Å². The van der Waals surface area contributed by atoms with E-state index >= 15 is 0 Å². The van der Waals surface area contributed by atoms with E-state index < -0.39 is 11.7 Å². The van der Waals surface area contributed by atoms with Gasteiger partial charge in [-0.3, -0.25) is 4.79 Å². The number of phenols is 1. The lowest BCUT2D eigenvalue weighted by Gasteiger charge is -2.09. The van der Waals surface area contributed by atoms with Gasteiger partial charge in [0.15, 0.2) is 0 Å². The number of phenolic OH excluding ortho intramolecular Hbond substituents is 1. The monoisotopic (exact) mass is 292 g/mol. The first-order chi connectivity index (χ1) is 9.51. The fourth-order valence-electron chi connectivity index (χ4n) is 1.67. The van der Waals surface area contributed by atoms with Crippen LogP contribution in [0.5, 0.6) is 5.75 Å². The average molecular weight is 292 g/mol. The number of halogens is 1. The summed E-state index contributed by atoms with van der Waals surface area (Å²) < 4.78 is 13.3. The van der Waals surface area contributed by atoms with Crippen molar-refractivity contribution in [3.63, 3.8) is 0 Å². The van der Waals surface area contributed by atoms with E-state index in [9.17, 15) is 14.3 Å². The molecule has 0 spiro atoms. The highest BCUT2D eigenvalue weighted by molar-refractivity contribution is 7.80. The summed E-state index contributed by atoms with van der Waals surface area (Å²) >= 11 is 3.92. The van der Waals surface area contributed by atoms with Gasteiger partial charge in [0, 0.05) is 23.2 Å². The summed E-state index contributed by atoms with van der Waals surface area (Å²) in [4.78, 5) is 12.2. The molecule has 1 amide bonds. The van der Waals surface area contributed by atoms with E-state index in [1.54, 1.807) is 13.1 Å². The van der Waals surface area contributed by atoms with Crippen molar-refractivity contribution in [2.45, 2.75) is 4.90 Å². The number of carbonyl (C=O) groups excluding carboxylic acids is 1. The van der Waals surface area contributed by atoms with Crippen LogP contribution in [0.1, 0.15) is 10.4 Å². The molecule has 0 aliphatic rings. The van der Waals surface area contributed by atoms with E-state index in [0.29, 0.717) is 16.9 Å². The maximum Gasteiger partial charge on any atom is 0.255 e. The fourth-order valence-corrected chi connectivity index (χ4v) is 1.80. The number of hydrogen-bond acceptors (Lipinski definition) is 4. The maximum absolute atomic E-state index is 13.3. The SMILES string of the molecule is CNc1cc(C(=O)Nc2ccc(S)c(F)c2)ccc1O. The first kappa shape index (κ1) is 14.2. The number of thiol groups is 1. The number of benzene rings is 2. The lowest BCUT2D eigenvalue weighted by atomic mass is 10.1. The van der Waals surface area contributed by atoms with Gasteiger partial charge in [0.05, 0.1) is 5.69 Å². The Morgan fingerprint density at radius 1 is 1.25 bits per heavy atom. The molecule has 104 valence electrons. The molecule has 2 aromatic carbocycles. The summed E-state index contributed by atoms with van der Waals surface area (Å²) in [6.07, 6.45) is 0. The normalized spacial score (nSPS) is 10.2. The van der Waals surface area contributed by atoms with Crippen LogP contribution in [-0.2, 0) is 0 Å². The summed E-state index contributed by atoms with van der Waals surface area (Å²) in [6, 6.07) is 8.62. The van der Waals surface area contributed by atoms with Crippen LogP contribution in [0.25, 0.3) is 0 Å². The van der Waals surface area contributed by atoms with Gasteiger partial charge in [0.1, 0.15) is 11.6 Å². The van der Waals surface area contributed by atoms with Crippen molar-refractivity contribution < 1.29 is 14.3 Å². The molecule has 3 N–H and O–H groups in total. The fraction of sp³-hybridized carbons (Fsp3) is 0.0714. The number of amides is 1. The van der Waals surface area contributed by atoms with Crippen LogP contribution in [0.3, 0.4) is 0 Å². The van der Waals surface area contributed by atoms with Crippen molar-refractivity contribution in [1.82, 2.24) is 0 Å². The minimum Gasteiger partial charge on any atom is -0.506 e. The number of aromatic hydroxyl groups is 1. The van der Waals surface area contributed by atoms with Crippen LogP contribution in [-0.4, -0.2) is 18.1 Å². The molecule has 0 radical (unpaired) electrons. The van der Waals surface area contributed by atoms with Gasteiger partial charge in [-0.1, -0.05) is 0 Å². The van der Waals surface area contributed by atoms with Gasteiger partial charge >= 0.3 is 0 Å². The molecule has 0 unspecified atom stereocenters. The smallest absolute Gasteiger partial charge is 0.255 e. The van der Waals surface area contributed by atoms with Gasteiger partial charge in [-0.05, 0) is 36.4 Å². The molecule has 0 atom stereocenters. The Kier molecular flexibility index (Phi) is 4.14. The Morgan fingerprint density at radius 2 is 2.00 bits per heavy atom. The first-order valence-corrected chi connectivity index (χ1v) is 6.26. The van der Waals surface area contributed by atoms with Crippen LogP contribution in [0.2, 0.25) is 0 Å². The molecule has 0 aliphatic heterocycles. The molecule has 0 fully saturated rings. The highest BCUT2D eigenvalue weighted by Gasteiger charge is 2.10. The van der Waals surface area contributed by atoms with Crippen LogP contribution in [0.15, 0.2) is 41.3 Å². The van der Waals surface area contributed by atoms with Gasteiger partial charge in [-0.2, -0.15) is 0 Å². The van der Waals surface area contributed by atoms with Crippen molar-refractivity contribution >= 4 is 29.9 Å². The van der Waals surface area contributed by atoms with Crippen molar-refractivity contribution in [2.24, 2.45) is 0 Å². The lowest BCUT2D eigenvalue weighted by molar-refractivity contribution is 0.102. The number of anilines is 2. The summed E-state index contributed by atoms with van der Waals surface area (Å²) in [5, 5.41) is 14.9. The summed E-state index contributed by atoms with van der Waals surface area (Å²) in [7, 11) is 1.64. The van der Waals surface area contributed by atoms with Crippen LogP contribution < -0.4 is 10.6 Å². The first-order valence-electron chi connectivity index (χ1n) is 5.82. The maximum atomic E-state index is 13.3. The van der Waals surface area contributed by atoms with Gasteiger partial charge in [-0.15, -0.1) is 12.6 Å². The molecular formula is C14H13FN2O2S. The number of nitrogens with one attached hydrogen (secondary N) is 2. The second-order valence-electron chi connectivity index (χ2n) is 4.10. The Labute approximate surface area is 121 Å². The van der Waals surface area contributed by atoms with E-state index in [2.05, 4.69) is 23.3 Å².